The maximum atomic E-state index is 9.08. The van der Waals surface area contributed by atoms with Crippen LogP contribution < -0.4 is 0 Å². The normalized spacial score (nSPS) is 13.0. The number of rotatable bonds is 5. The van der Waals surface area contributed by atoms with Crippen molar-refractivity contribution in [3.8, 4) is 11.3 Å². The second-order valence-corrected chi connectivity index (χ2v) is 7.88. The first-order valence-corrected chi connectivity index (χ1v) is 10.1. The summed E-state index contributed by atoms with van der Waals surface area (Å²) >= 11 is 12.6. The Morgan fingerprint density at radius 2 is 1.70 bits per heavy atom. The molecule has 0 amide bonds. The van der Waals surface area contributed by atoms with Crippen molar-refractivity contribution in [1.82, 2.24) is 4.98 Å². The summed E-state index contributed by atoms with van der Waals surface area (Å²) < 4.78 is 0. The van der Waals surface area contributed by atoms with Crippen LogP contribution in [0, 0.1) is 0 Å². The lowest BCUT2D eigenvalue weighted by Gasteiger charge is -2.13. The van der Waals surface area contributed by atoms with Crippen LogP contribution in [0.25, 0.3) is 11.3 Å². The Kier molecular flexibility index (Phi) is 5.49. The Bertz CT molecular complexity index is 967. The lowest BCUT2D eigenvalue weighted by Crippen LogP contribution is -2.01. The Hall–Kier alpha value is -1.87. The molecule has 0 radical (unpaired) electrons. The molecule has 0 spiro atoms. The van der Waals surface area contributed by atoms with Crippen molar-refractivity contribution >= 4 is 23.2 Å². The van der Waals surface area contributed by atoms with Crippen molar-refractivity contribution in [2.45, 2.75) is 32.1 Å². The summed E-state index contributed by atoms with van der Waals surface area (Å²) in [7, 11) is 0. The molecule has 4 heteroatoms. The van der Waals surface area contributed by atoms with Gasteiger partial charge in [0.05, 0.1) is 10.7 Å². The molecule has 0 atom stereocenters. The molecule has 138 valence electrons. The van der Waals surface area contributed by atoms with Crippen molar-refractivity contribution in [1.29, 1.82) is 0 Å². The molecule has 0 saturated heterocycles. The molecule has 1 aliphatic rings. The number of halogens is 2. The number of benzene rings is 2. The van der Waals surface area contributed by atoms with Crippen LogP contribution in [0.2, 0.25) is 10.0 Å². The summed E-state index contributed by atoms with van der Waals surface area (Å²) in [6.45, 7) is 0.182. The fourth-order valence-electron chi connectivity index (χ4n) is 3.79. The highest BCUT2D eigenvalue weighted by Crippen LogP contribution is 2.34. The SMILES string of the molecule is OCCc1ccc(Cc2cc(-c3cc(Cl)ccc3Cl)nc3c2CCC3)cc1. The standard InChI is InChI=1S/C23H21Cl2NO/c24-18-8-9-21(25)20(14-18)23-13-17(19-2-1-3-22(19)26-23)12-16-6-4-15(5-7-16)10-11-27/h4-9,13-14,27H,1-3,10-12H2. The fraction of sp³-hybridized carbons (Fsp3) is 0.261. The molecule has 27 heavy (non-hydrogen) atoms. The Labute approximate surface area is 169 Å². The van der Waals surface area contributed by atoms with Gasteiger partial charge in [-0.15, -0.1) is 0 Å². The minimum atomic E-state index is 0.182. The second-order valence-electron chi connectivity index (χ2n) is 7.04. The van der Waals surface area contributed by atoms with Gasteiger partial charge in [0.1, 0.15) is 0 Å². The maximum Gasteiger partial charge on any atom is 0.0723 e. The van der Waals surface area contributed by atoms with E-state index >= 15 is 0 Å². The van der Waals surface area contributed by atoms with Gasteiger partial charge in [0.25, 0.3) is 0 Å². The van der Waals surface area contributed by atoms with Crippen molar-refractivity contribution in [3.05, 3.63) is 86.5 Å². The van der Waals surface area contributed by atoms with Crippen LogP contribution in [0.1, 0.15) is 34.4 Å². The van der Waals surface area contributed by atoms with Gasteiger partial charge in [-0.2, -0.15) is 0 Å². The fourth-order valence-corrected chi connectivity index (χ4v) is 4.18. The lowest BCUT2D eigenvalue weighted by molar-refractivity contribution is 0.299. The van der Waals surface area contributed by atoms with Gasteiger partial charge in [0, 0.05) is 22.9 Å². The highest BCUT2D eigenvalue weighted by Gasteiger charge is 2.19. The zero-order valence-electron chi connectivity index (χ0n) is 15.0. The Morgan fingerprint density at radius 1 is 0.926 bits per heavy atom. The van der Waals surface area contributed by atoms with Crippen LogP contribution in [-0.2, 0) is 25.7 Å². The van der Waals surface area contributed by atoms with Crippen molar-refractivity contribution in [3.63, 3.8) is 0 Å². The molecule has 3 aromatic rings. The molecule has 1 aliphatic carbocycles. The summed E-state index contributed by atoms with van der Waals surface area (Å²) in [5.74, 6) is 0. The van der Waals surface area contributed by atoms with Gasteiger partial charge in [0.15, 0.2) is 0 Å². The number of aromatic nitrogens is 1. The third-order valence-electron chi connectivity index (χ3n) is 5.17. The van der Waals surface area contributed by atoms with Gasteiger partial charge in [-0.05, 0) is 78.6 Å². The van der Waals surface area contributed by atoms with E-state index in [2.05, 4.69) is 30.3 Å². The number of pyridine rings is 1. The minimum absolute atomic E-state index is 0.182. The summed E-state index contributed by atoms with van der Waals surface area (Å²) in [4.78, 5) is 4.90. The smallest absolute Gasteiger partial charge is 0.0723 e. The van der Waals surface area contributed by atoms with Gasteiger partial charge >= 0.3 is 0 Å². The van der Waals surface area contributed by atoms with Crippen LogP contribution in [0.5, 0.6) is 0 Å². The van der Waals surface area contributed by atoms with Gasteiger partial charge in [0.2, 0.25) is 0 Å². The number of hydrogen-bond acceptors (Lipinski definition) is 2. The van der Waals surface area contributed by atoms with E-state index in [-0.39, 0.29) is 6.61 Å². The van der Waals surface area contributed by atoms with Crippen molar-refractivity contribution < 1.29 is 5.11 Å². The number of aliphatic hydroxyl groups is 1. The number of fused-ring (bicyclic) bond motifs is 1. The number of hydrogen-bond donors (Lipinski definition) is 1. The van der Waals surface area contributed by atoms with Crippen LogP contribution in [0.15, 0.2) is 48.5 Å². The largest absolute Gasteiger partial charge is 0.396 e. The molecule has 2 nitrogen and oxygen atoms in total. The van der Waals surface area contributed by atoms with E-state index < -0.39 is 0 Å². The molecule has 1 N–H and O–H groups in total. The quantitative estimate of drug-likeness (QED) is 0.601. The predicted octanol–water partition coefficient (Wildman–Crippen LogP) is 5.67. The number of aryl methyl sites for hydroxylation is 1. The minimum Gasteiger partial charge on any atom is -0.396 e. The molecular formula is C23H21Cl2NO. The van der Waals surface area contributed by atoms with Gasteiger partial charge in [-0.1, -0.05) is 47.5 Å². The van der Waals surface area contributed by atoms with E-state index in [4.69, 9.17) is 33.3 Å². The zero-order chi connectivity index (χ0) is 18.8. The third-order valence-corrected chi connectivity index (χ3v) is 5.73. The topological polar surface area (TPSA) is 33.1 Å². The summed E-state index contributed by atoms with van der Waals surface area (Å²) in [5.41, 5.74) is 8.10. The predicted molar refractivity (Wildman–Crippen MR) is 112 cm³/mol. The highest BCUT2D eigenvalue weighted by molar-refractivity contribution is 6.35. The van der Waals surface area contributed by atoms with Crippen molar-refractivity contribution in [2.75, 3.05) is 6.61 Å². The molecule has 2 aromatic carbocycles. The van der Waals surface area contributed by atoms with Crippen LogP contribution in [0.4, 0.5) is 0 Å². The van der Waals surface area contributed by atoms with Gasteiger partial charge < -0.3 is 5.11 Å². The van der Waals surface area contributed by atoms with Crippen molar-refractivity contribution in [2.24, 2.45) is 0 Å². The number of nitrogens with zero attached hydrogens (tertiary/aromatic N) is 1. The first kappa shape index (κ1) is 18.5. The van der Waals surface area contributed by atoms with E-state index in [1.54, 1.807) is 6.07 Å². The highest BCUT2D eigenvalue weighted by atomic mass is 35.5. The Balaban J connectivity index is 1.72. The second kappa shape index (κ2) is 8.02. The molecule has 0 fully saturated rings. The van der Waals surface area contributed by atoms with E-state index in [0.29, 0.717) is 16.5 Å². The number of aliphatic hydroxyl groups excluding tert-OH is 1. The van der Waals surface area contributed by atoms with E-state index in [9.17, 15) is 0 Å². The average Bonchev–Trinajstić information content (AvgIpc) is 3.14. The van der Waals surface area contributed by atoms with E-state index in [1.807, 2.05) is 12.1 Å². The van der Waals surface area contributed by atoms with Crippen LogP contribution >= 0.6 is 23.2 Å². The molecular weight excluding hydrogens is 377 g/mol. The first-order valence-electron chi connectivity index (χ1n) is 9.30. The molecule has 0 unspecified atom stereocenters. The van der Waals surface area contributed by atoms with Crippen LogP contribution in [-0.4, -0.2) is 16.7 Å². The molecule has 1 aromatic heterocycles. The van der Waals surface area contributed by atoms with E-state index in [0.717, 1.165) is 42.5 Å². The molecule has 0 aliphatic heterocycles. The zero-order valence-corrected chi connectivity index (χ0v) is 16.5. The maximum absolute atomic E-state index is 9.08. The summed E-state index contributed by atoms with van der Waals surface area (Å²) in [6.07, 6.45) is 4.82. The Morgan fingerprint density at radius 3 is 2.48 bits per heavy atom. The molecule has 0 bridgehead atoms. The van der Waals surface area contributed by atoms with E-state index in [1.165, 1.54) is 22.4 Å². The summed E-state index contributed by atoms with van der Waals surface area (Å²) in [5, 5.41) is 10.4. The first-order chi connectivity index (χ1) is 13.1. The molecule has 1 heterocycles. The third kappa shape index (κ3) is 4.03. The van der Waals surface area contributed by atoms with Gasteiger partial charge in [-0.3, -0.25) is 4.98 Å². The summed E-state index contributed by atoms with van der Waals surface area (Å²) in [6, 6.07) is 16.2. The van der Waals surface area contributed by atoms with Gasteiger partial charge in [-0.25, -0.2) is 0 Å². The van der Waals surface area contributed by atoms with Crippen LogP contribution in [0.3, 0.4) is 0 Å². The molecule has 0 saturated carbocycles. The average molecular weight is 398 g/mol. The lowest BCUT2D eigenvalue weighted by atomic mass is 9.96. The molecule has 4 rings (SSSR count). The monoisotopic (exact) mass is 397 g/mol.